The van der Waals surface area contributed by atoms with E-state index in [1.807, 2.05) is 30.3 Å². The fourth-order valence-corrected chi connectivity index (χ4v) is 1.79. The third kappa shape index (κ3) is 3.82. The highest BCUT2D eigenvalue weighted by atomic mass is 19.3. The third-order valence-electron chi connectivity index (χ3n) is 2.78. The number of rotatable bonds is 6. The molecule has 0 saturated carbocycles. The molecule has 0 atom stereocenters. The number of ether oxygens (including phenoxy) is 1. The van der Waals surface area contributed by atoms with Crippen LogP contribution in [0.5, 0.6) is 5.75 Å². The van der Waals surface area contributed by atoms with E-state index in [0.717, 1.165) is 11.1 Å². The molecule has 0 aliphatic heterocycles. The van der Waals surface area contributed by atoms with Gasteiger partial charge in [-0.3, -0.25) is 0 Å². The Morgan fingerprint density at radius 1 is 1.05 bits per heavy atom. The van der Waals surface area contributed by atoms with Gasteiger partial charge in [-0.25, -0.2) is 0 Å². The highest BCUT2D eigenvalue weighted by Crippen LogP contribution is 2.26. The molecule has 104 valence electrons. The summed E-state index contributed by atoms with van der Waals surface area (Å²) in [6, 6.07) is 16.3. The average molecular weight is 275 g/mol. The van der Waals surface area contributed by atoms with E-state index in [2.05, 4.69) is 16.6 Å². The maximum Gasteiger partial charge on any atom is 0.387 e. The van der Waals surface area contributed by atoms with E-state index in [-0.39, 0.29) is 5.75 Å². The number of alkyl halides is 2. The molecule has 2 aromatic carbocycles. The Labute approximate surface area is 116 Å². The van der Waals surface area contributed by atoms with Crippen molar-refractivity contribution in [2.24, 2.45) is 0 Å². The molecule has 2 rings (SSSR count). The largest absolute Gasteiger partial charge is 0.433 e. The standard InChI is InChI=1S/C16H15F2NO/c1-12(13-7-3-2-4-8-13)11-19-14-9-5-6-10-15(14)20-16(17)18/h2-10,16,19H,1,11H2. The minimum Gasteiger partial charge on any atom is -0.433 e. The SMILES string of the molecule is C=C(CNc1ccccc1OC(F)F)c1ccccc1. The zero-order valence-corrected chi connectivity index (χ0v) is 10.9. The van der Waals surface area contributed by atoms with Crippen LogP contribution in [0.1, 0.15) is 5.56 Å². The zero-order chi connectivity index (χ0) is 14.4. The van der Waals surface area contributed by atoms with Gasteiger partial charge in [0, 0.05) is 6.54 Å². The topological polar surface area (TPSA) is 21.3 Å². The lowest BCUT2D eigenvalue weighted by atomic mass is 10.1. The molecule has 0 fully saturated rings. The minimum absolute atomic E-state index is 0.128. The van der Waals surface area contributed by atoms with E-state index < -0.39 is 6.61 Å². The van der Waals surface area contributed by atoms with E-state index in [9.17, 15) is 8.78 Å². The van der Waals surface area contributed by atoms with Crippen LogP contribution in [0.15, 0.2) is 61.2 Å². The first-order chi connectivity index (χ1) is 9.66. The van der Waals surface area contributed by atoms with Crippen molar-refractivity contribution in [1.29, 1.82) is 0 Å². The summed E-state index contributed by atoms with van der Waals surface area (Å²) in [6.45, 7) is 1.59. The molecule has 4 heteroatoms. The van der Waals surface area contributed by atoms with Crippen LogP contribution >= 0.6 is 0 Å². The molecule has 0 aliphatic rings. The van der Waals surface area contributed by atoms with Crippen molar-refractivity contribution in [2.75, 3.05) is 11.9 Å². The minimum atomic E-state index is -2.84. The second-order valence-corrected chi connectivity index (χ2v) is 4.20. The fraction of sp³-hybridized carbons (Fsp3) is 0.125. The van der Waals surface area contributed by atoms with Crippen molar-refractivity contribution in [2.45, 2.75) is 6.61 Å². The van der Waals surface area contributed by atoms with E-state index in [0.29, 0.717) is 12.2 Å². The van der Waals surface area contributed by atoms with Crippen molar-refractivity contribution < 1.29 is 13.5 Å². The number of benzene rings is 2. The number of nitrogens with one attached hydrogen (secondary N) is 1. The summed E-state index contributed by atoms with van der Waals surface area (Å²) in [6.07, 6.45) is 0. The first-order valence-electron chi connectivity index (χ1n) is 6.17. The summed E-state index contributed by atoms with van der Waals surface area (Å²) < 4.78 is 29.1. The van der Waals surface area contributed by atoms with Gasteiger partial charge in [0.2, 0.25) is 0 Å². The van der Waals surface area contributed by atoms with Gasteiger partial charge in [0.25, 0.3) is 0 Å². The second kappa shape index (κ2) is 6.70. The molecular weight excluding hydrogens is 260 g/mol. The Bertz CT molecular complexity index is 570. The molecular formula is C16H15F2NO. The van der Waals surface area contributed by atoms with Gasteiger partial charge in [0.05, 0.1) is 5.69 Å². The molecule has 0 amide bonds. The van der Waals surface area contributed by atoms with Crippen molar-refractivity contribution in [3.8, 4) is 5.75 Å². The highest BCUT2D eigenvalue weighted by molar-refractivity contribution is 5.68. The first-order valence-corrected chi connectivity index (χ1v) is 6.17. The number of hydrogen-bond acceptors (Lipinski definition) is 2. The monoisotopic (exact) mass is 275 g/mol. The van der Waals surface area contributed by atoms with Crippen molar-refractivity contribution >= 4 is 11.3 Å². The Hall–Kier alpha value is -2.36. The van der Waals surface area contributed by atoms with Gasteiger partial charge in [0.15, 0.2) is 0 Å². The molecule has 0 unspecified atom stereocenters. The maximum absolute atomic E-state index is 12.3. The molecule has 0 radical (unpaired) electrons. The van der Waals surface area contributed by atoms with Crippen LogP contribution in [0.4, 0.5) is 14.5 Å². The molecule has 2 aromatic rings. The molecule has 1 N–H and O–H groups in total. The van der Waals surface area contributed by atoms with Crippen LogP contribution in [-0.4, -0.2) is 13.2 Å². The van der Waals surface area contributed by atoms with E-state index in [4.69, 9.17) is 0 Å². The molecule has 20 heavy (non-hydrogen) atoms. The van der Waals surface area contributed by atoms with Crippen LogP contribution < -0.4 is 10.1 Å². The van der Waals surface area contributed by atoms with Gasteiger partial charge >= 0.3 is 6.61 Å². The lowest BCUT2D eigenvalue weighted by molar-refractivity contribution is -0.0493. The number of halogens is 2. The molecule has 0 saturated heterocycles. The Morgan fingerprint density at radius 3 is 2.40 bits per heavy atom. The summed E-state index contributed by atoms with van der Waals surface area (Å²) in [7, 11) is 0. The van der Waals surface area contributed by atoms with Gasteiger partial charge in [-0.05, 0) is 23.3 Å². The molecule has 0 heterocycles. The van der Waals surface area contributed by atoms with E-state index in [1.54, 1.807) is 18.2 Å². The second-order valence-electron chi connectivity index (χ2n) is 4.20. The summed E-state index contributed by atoms with van der Waals surface area (Å²) in [5.41, 5.74) is 2.40. The predicted molar refractivity (Wildman–Crippen MR) is 77.0 cm³/mol. The van der Waals surface area contributed by atoms with Crippen LogP contribution in [0.3, 0.4) is 0 Å². The van der Waals surface area contributed by atoms with Crippen molar-refractivity contribution in [3.05, 3.63) is 66.7 Å². The van der Waals surface area contributed by atoms with Crippen molar-refractivity contribution in [1.82, 2.24) is 0 Å². The molecule has 0 bridgehead atoms. The van der Waals surface area contributed by atoms with Crippen molar-refractivity contribution in [3.63, 3.8) is 0 Å². The van der Waals surface area contributed by atoms with E-state index >= 15 is 0 Å². The Morgan fingerprint density at radius 2 is 1.70 bits per heavy atom. The van der Waals surface area contributed by atoms with Crippen LogP contribution in [0, 0.1) is 0 Å². The quantitative estimate of drug-likeness (QED) is 0.843. The molecule has 0 aromatic heterocycles. The summed E-state index contributed by atoms with van der Waals surface area (Å²) in [5, 5.41) is 3.06. The molecule has 2 nitrogen and oxygen atoms in total. The Kier molecular flexibility index (Phi) is 4.71. The summed E-state index contributed by atoms with van der Waals surface area (Å²) in [4.78, 5) is 0. The van der Waals surface area contributed by atoms with Crippen LogP contribution in [0.25, 0.3) is 5.57 Å². The number of hydrogen-bond donors (Lipinski definition) is 1. The normalized spacial score (nSPS) is 10.3. The Balaban J connectivity index is 2.02. The number of para-hydroxylation sites is 2. The van der Waals surface area contributed by atoms with Gasteiger partial charge in [-0.1, -0.05) is 49.0 Å². The lowest BCUT2D eigenvalue weighted by Crippen LogP contribution is -2.08. The third-order valence-corrected chi connectivity index (χ3v) is 2.78. The fourth-order valence-electron chi connectivity index (χ4n) is 1.79. The number of anilines is 1. The average Bonchev–Trinajstić information content (AvgIpc) is 2.46. The van der Waals surface area contributed by atoms with Gasteiger partial charge in [-0.2, -0.15) is 8.78 Å². The molecule has 0 spiro atoms. The van der Waals surface area contributed by atoms with Crippen LogP contribution in [0.2, 0.25) is 0 Å². The zero-order valence-electron chi connectivity index (χ0n) is 10.9. The highest BCUT2D eigenvalue weighted by Gasteiger charge is 2.09. The predicted octanol–water partition coefficient (Wildman–Crippen LogP) is 4.41. The van der Waals surface area contributed by atoms with E-state index in [1.165, 1.54) is 6.07 Å². The summed E-state index contributed by atoms with van der Waals surface area (Å²) in [5.74, 6) is 0.128. The van der Waals surface area contributed by atoms with Gasteiger partial charge in [0.1, 0.15) is 5.75 Å². The van der Waals surface area contributed by atoms with Gasteiger partial charge < -0.3 is 10.1 Å². The smallest absolute Gasteiger partial charge is 0.387 e. The van der Waals surface area contributed by atoms with Gasteiger partial charge in [-0.15, -0.1) is 0 Å². The lowest BCUT2D eigenvalue weighted by Gasteiger charge is -2.13. The van der Waals surface area contributed by atoms with Crippen LogP contribution in [-0.2, 0) is 0 Å². The first kappa shape index (κ1) is 14.1. The summed E-state index contributed by atoms with van der Waals surface area (Å²) >= 11 is 0. The maximum atomic E-state index is 12.3. The molecule has 0 aliphatic carbocycles.